The van der Waals surface area contributed by atoms with Crippen molar-refractivity contribution in [3.05, 3.63) is 16.4 Å². The molecule has 92 valence electrons. The maximum absolute atomic E-state index is 12.6. The number of aryl methyl sites for hydroxylation is 1. The van der Waals surface area contributed by atoms with Crippen LogP contribution in [0.2, 0.25) is 5.15 Å². The van der Waals surface area contributed by atoms with E-state index in [1.165, 1.54) is 6.07 Å². The highest BCUT2D eigenvalue weighted by molar-refractivity contribution is 6.39. The summed E-state index contributed by atoms with van der Waals surface area (Å²) in [5.74, 6) is -1.22. The van der Waals surface area contributed by atoms with Crippen LogP contribution in [0.15, 0.2) is 0 Å². The van der Waals surface area contributed by atoms with Crippen LogP contribution in [-0.4, -0.2) is 20.9 Å². The van der Waals surface area contributed by atoms with Gasteiger partial charge in [0.15, 0.2) is 16.9 Å². The monoisotopic (exact) mass is 285 g/mol. The van der Waals surface area contributed by atoms with Crippen molar-refractivity contribution < 1.29 is 18.0 Å². The van der Waals surface area contributed by atoms with Crippen molar-refractivity contribution in [1.82, 2.24) is 9.78 Å². The van der Waals surface area contributed by atoms with E-state index in [1.807, 2.05) is 0 Å². The van der Waals surface area contributed by atoms with Crippen molar-refractivity contribution >= 4 is 29.0 Å². The molecule has 0 bridgehead atoms. The number of carbonyl (C=O) groups is 1. The average molecular weight is 286 g/mol. The summed E-state index contributed by atoms with van der Waals surface area (Å²) >= 11 is 10.8. The number of alkyl halides is 4. The van der Waals surface area contributed by atoms with Crippen molar-refractivity contribution in [1.29, 1.82) is 5.26 Å². The van der Waals surface area contributed by atoms with Crippen molar-refractivity contribution in [2.75, 3.05) is 0 Å². The first-order valence-electron chi connectivity index (χ1n) is 4.07. The molecular weight excluding hydrogens is 282 g/mol. The fourth-order valence-corrected chi connectivity index (χ4v) is 1.44. The van der Waals surface area contributed by atoms with Gasteiger partial charge in [-0.3, -0.25) is 9.48 Å². The third-order valence-electron chi connectivity index (χ3n) is 1.84. The zero-order valence-corrected chi connectivity index (χ0v) is 9.73. The van der Waals surface area contributed by atoms with Crippen LogP contribution in [0.1, 0.15) is 16.1 Å². The molecule has 0 fully saturated rings. The van der Waals surface area contributed by atoms with Gasteiger partial charge in [0, 0.05) is 7.05 Å². The number of hydrogen-bond donors (Lipinski definition) is 0. The van der Waals surface area contributed by atoms with Gasteiger partial charge in [0.25, 0.3) is 0 Å². The average Bonchev–Trinajstić information content (AvgIpc) is 2.53. The van der Waals surface area contributed by atoms with E-state index in [4.69, 9.17) is 28.5 Å². The van der Waals surface area contributed by atoms with Gasteiger partial charge < -0.3 is 0 Å². The molecule has 9 heteroatoms. The molecule has 0 aliphatic carbocycles. The van der Waals surface area contributed by atoms with Gasteiger partial charge in [0.05, 0.1) is 11.6 Å². The van der Waals surface area contributed by atoms with E-state index in [9.17, 15) is 18.0 Å². The highest BCUT2D eigenvalue weighted by atomic mass is 35.5. The lowest BCUT2D eigenvalue weighted by Gasteiger charge is -2.05. The maximum atomic E-state index is 12.6. The molecule has 1 heterocycles. The minimum atomic E-state index is -4.85. The maximum Gasteiger partial charge on any atom is 0.435 e. The van der Waals surface area contributed by atoms with Gasteiger partial charge in [-0.1, -0.05) is 23.2 Å². The molecule has 0 N–H and O–H groups in total. The predicted octanol–water partition coefficient (Wildman–Crippen LogP) is 2.41. The van der Waals surface area contributed by atoms with Gasteiger partial charge in [-0.05, 0) is 0 Å². The van der Waals surface area contributed by atoms with Crippen molar-refractivity contribution in [3.8, 4) is 6.07 Å². The van der Waals surface area contributed by atoms with Crippen LogP contribution in [0.25, 0.3) is 0 Å². The fourth-order valence-electron chi connectivity index (χ4n) is 1.11. The first kappa shape index (κ1) is 13.8. The molecule has 0 aliphatic heterocycles. The number of rotatable bonds is 2. The summed E-state index contributed by atoms with van der Waals surface area (Å²) in [6.07, 6.45) is -4.85. The SMILES string of the molecule is Cn1nc(C(F)(F)F)c(C(=O)C(Cl)C#N)c1Cl. The van der Waals surface area contributed by atoms with Crippen LogP contribution in [0.4, 0.5) is 13.2 Å². The summed E-state index contributed by atoms with van der Waals surface area (Å²) in [4.78, 5) is 11.5. The molecule has 4 nitrogen and oxygen atoms in total. The minimum Gasteiger partial charge on any atom is -0.291 e. The lowest BCUT2D eigenvalue weighted by molar-refractivity contribution is -0.141. The normalized spacial score (nSPS) is 13.2. The van der Waals surface area contributed by atoms with Crippen LogP contribution >= 0.6 is 23.2 Å². The molecule has 1 rings (SSSR count). The molecule has 0 saturated carbocycles. The van der Waals surface area contributed by atoms with Crippen LogP contribution in [0, 0.1) is 11.3 Å². The third kappa shape index (κ3) is 2.53. The van der Waals surface area contributed by atoms with Crippen LogP contribution in [0.5, 0.6) is 0 Å². The number of halogens is 5. The van der Waals surface area contributed by atoms with E-state index in [1.54, 1.807) is 0 Å². The first-order chi connectivity index (χ1) is 7.70. The fraction of sp³-hybridized carbons (Fsp3) is 0.375. The Bertz CT molecular complexity index is 503. The molecule has 0 spiro atoms. The van der Waals surface area contributed by atoms with E-state index in [0.29, 0.717) is 4.68 Å². The molecule has 0 aliphatic rings. The number of nitrogens with zero attached hydrogens (tertiary/aromatic N) is 3. The summed E-state index contributed by atoms with van der Waals surface area (Å²) in [6.45, 7) is 0. The first-order valence-corrected chi connectivity index (χ1v) is 4.89. The number of aromatic nitrogens is 2. The number of ketones is 1. The van der Waals surface area contributed by atoms with Crippen LogP contribution in [-0.2, 0) is 13.2 Å². The molecule has 0 aromatic carbocycles. The van der Waals surface area contributed by atoms with E-state index in [-0.39, 0.29) is 0 Å². The lowest BCUT2D eigenvalue weighted by Crippen LogP contribution is -2.18. The summed E-state index contributed by atoms with van der Waals surface area (Å²) in [5, 5.41) is 9.24. The number of Topliss-reactive ketones (excluding diaryl/α,β-unsaturated/α-hetero) is 1. The van der Waals surface area contributed by atoms with E-state index >= 15 is 0 Å². The zero-order chi connectivity index (χ0) is 13.4. The van der Waals surface area contributed by atoms with Gasteiger partial charge in [-0.2, -0.15) is 23.5 Å². The highest BCUT2D eigenvalue weighted by Crippen LogP contribution is 2.35. The smallest absolute Gasteiger partial charge is 0.291 e. The van der Waals surface area contributed by atoms with Crippen molar-refractivity contribution in [2.24, 2.45) is 7.05 Å². The summed E-state index contributed by atoms with van der Waals surface area (Å²) in [5.41, 5.74) is -2.33. The largest absolute Gasteiger partial charge is 0.435 e. The molecule has 17 heavy (non-hydrogen) atoms. The Kier molecular flexibility index (Phi) is 3.69. The Morgan fingerprint density at radius 2 is 2.12 bits per heavy atom. The quantitative estimate of drug-likeness (QED) is 0.619. The molecule has 1 atom stereocenters. The minimum absolute atomic E-state index is 0.511. The van der Waals surface area contributed by atoms with E-state index in [2.05, 4.69) is 5.10 Å². The molecule has 0 radical (unpaired) electrons. The van der Waals surface area contributed by atoms with Gasteiger partial charge in [-0.15, -0.1) is 0 Å². The molecule has 0 amide bonds. The Morgan fingerprint density at radius 3 is 2.53 bits per heavy atom. The Morgan fingerprint density at radius 1 is 1.59 bits per heavy atom. The number of hydrogen-bond acceptors (Lipinski definition) is 3. The molecule has 0 saturated heterocycles. The molecular formula is C8H4Cl2F3N3O. The number of carbonyl (C=O) groups excluding carboxylic acids is 1. The van der Waals surface area contributed by atoms with E-state index < -0.39 is 33.7 Å². The second-order valence-electron chi connectivity index (χ2n) is 2.99. The topological polar surface area (TPSA) is 58.7 Å². The van der Waals surface area contributed by atoms with Gasteiger partial charge >= 0.3 is 6.18 Å². The standard InChI is InChI=1S/C8H4Cl2F3N3O/c1-16-7(10)4(5(17)3(9)2-14)6(15-16)8(11,12)13/h3H,1H3. The zero-order valence-electron chi connectivity index (χ0n) is 8.22. The van der Waals surface area contributed by atoms with Gasteiger partial charge in [-0.25, -0.2) is 0 Å². The lowest BCUT2D eigenvalue weighted by atomic mass is 10.1. The Balaban J connectivity index is 3.43. The highest BCUT2D eigenvalue weighted by Gasteiger charge is 2.42. The second kappa shape index (κ2) is 4.55. The van der Waals surface area contributed by atoms with Crippen LogP contribution < -0.4 is 0 Å². The van der Waals surface area contributed by atoms with E-state index in [0.717, 1.165) is 7.05 Å². The predicted molar refractivity (Wildman–Crippen MR) is 52.8 cm³/mol. The molecule has 1 aromatic heterocycles. The summed E-state index contributed by atoms with van der Waals surface area (Å²) in [6, 6.07) is 1.33. The van der Waals surface area contributed by atoms with Gasteiger partial charge in [0.2, 0.25) is 0 Å². The molecule has 1 aromatic rings. The molecule has 1 unspecified atom stereocenters. The van der Waals surface area contributed by atoms with Crippen molar-refractivity contribution in [2.45, 2.75) is 11.6 Å². The number of nitriles is 1. The third-order valence-corrected chi connectivity index (χ3v) is 2.57. The summed E-state index contributed by atoms with van der Waals surface area (Å²) in [7, 11) is 1.14. The van der Waals surface area contributed by atoms with Gasteiger partial charge in [0.1, 0.15) is 5.15 Å². The summed E-state index contributed by atoms with van der Waals surface area (Å²) < 4.78 is 38.4. The van der Waals surface area contributed by atoms with Crippen molar-refractivity contribution in [3.63, 3.8) is 0 Å². The van der Waals surface area contributed by atoms with Crippen LogP contribution in [0.3, 0.4) is 0 Å². The Labute approximate surface area is 104 Å². The Hall–Kier alpha value is -1.26. The second-order valence-corrected chi connectivity index (χ2v) is 3.79.